The SMILES string of the molecule is c1ccc(-c2cccc(Nc3nc4ccccc4c4ccccc34)c2)cc1.c1ccc(Nc2cc(-c3ccccc3)cc(-c3ccccc3)c2)cc1.c1ccc(Nc2ccc(-c3ccccc3)c3ccccc23)cc1.c1ccc(Nc2ccc3c(ccc4ccccc43)c2)cc1. The lowest BCUT2D eigenvalue weighted by Gasteiger charge is -2.13. The van der Waals surface area contributed by atoms with Crippen molar-refractivity contribution in [3.05, 3.63) is 394 Å². The summed E-state index contributed by atoms with van der Waals surface area (Å²) in [7, 11) is 0. The number of fused-ring (bicyclic) bond motifs is 7. The van der Waals surface area contributed by atoms with E-state index >= 15 is 0 Å². The van der Waals surface area contributed by atoms with Crippen LogP contribution in [-0.2, 0) is 0 Å². The lowest BCUT2D eigenvalue weighted by atomic mass is 9.97. The quantitative estimate of drug-likeness (QED) is 0.0919. The van der Waals surface area contributed by atoms with E-state index in [2.05, 4.69) is 337 Å². The zero-order valence-corrected chi connectivity index (χ0v) is 53.0. The first kappa shape index (κ1) is 60.7. The molecule has 0 unspecified atom stereocenters. The van der Waals surface area contributed by atoms with E-state index in [0.717, 1.165) is 56.5 Å². The Balaban J connectivity index is 0.000000110. The molecule has 458 valence electrons. The molecule has 0 spiro atoms. The first-order valence-electron chi connectivity index (χ1n) is 32.5. The highest BCUT2D eigenvalue weighted by Gasteiger charge is 2.12. The van der Waals surface area contributed by atoms with Crippen molar-refractivity contribution >= 4 is 99.6 Å². The Bertz CT molecular complexity index is 5330. The molecule has 16 aromatic carbocycles. The van der Waals surface area contributed by atoms with Crippen molar-refractivity contribution < 1.29 is 0 Å². The second-order valence-corrected chi connectivity index (χ2v) is 23.4. The lowest BCUT2D eigenvalue weighted by molar-refractivity contribution is 1.40. The molecule has 5 heteroatoms. The van der Waals surface area contributed by atoms with Crippen molar-refractivity contribution in [2.24, 2.45) is 0 Å². The van der Waals surface area contributed by atoms with E-state index in [-0.39, 0.29) is 0 Å². The van der Waals surface area contributed by atoms with Gasteiger partial charge in [0, 0.05) is 56.0 Å². The number of benzene rings is 16. The summed E-state index contributed by atoms with van der Waals surface area (Å²) in [5.74, 6) is 0.884. The maximum Gasteiger partial charge on any atom is 0.138 e. The van der Waals surface area contributed by atoms with Crippen LogP contribution in [0.1, 0.15) is 0 Å². The molecule has 17 rings (SSSR count). The first-order chi connectivity index (χ1) is 47.6. The number of hydrogen-bond donors (Lipinski definition) is 4. The maximum atomic E-state index is 4.89. The first-order valence-corrected chi connectivity index (χ1v) is 32.5. The third kappa shape index (κ3) is 14.7. The molecule has 0 saturated carbocycles. The smallest absolute Gasteiger partial charge is 0.138 e. The van der Waals surface area contributed by atoms with Crippen LogP contribution >= 0.6 is 0 Å². The van der Waals surface area contributed by atoms with Gasteiger partial charge in [-0.15, -0.1) is 0 Å². The Labute approximate surface area is 561 Å². The van der Waals surface area contributed by atoms with Gasteiger partial charge >= 0.3 is 0 Å². The molecule has 0 amide bonds. The number of hydrogen-bond acceptors (Lipinski definition) is 5. The molecule has 96 heavy (non-hydrogen) atoms. The average Bonchev–Trinajstić information content (AvgIpc) is 0.813. The number of nitrogens with zero attached hydrogens (tertiary/aromatic N) is 1. The molecule has 0 saturated heterocycles. The number of nitrogens with one attached hydrogen (secondary N) is 4. The number of para-hydroxylation sites is 4. The summed E-state index contributed by atoms with van der Waals surface area (Å²) >= 11 is 0. The summed E-state index contributed by atoms with van der Waals surface area (Å²) in [4.78, 5) is 4.89. The third-order valence-corrected chi connectivity index (χ3v) is 16.9. The van der Waals surface area contributed by atoms with Gasteiger partial charge in [-0.3, -0.25) is 0 Å². The normalized spacial score (nSPS) is 10.7. The van der Waals surface area contributed by atoms with Gasteiger partial charge in [-0.25, -0.2) is 4.98 Å². The minimum absolute atomic E-state index is 0.884. The highest BCUT2D eigenvalue weighted by Crippen LogP contribution is 2.37. The van der Waals surface area contributed by atoms with E-state index in [1.165, 1.54) is 87.6 Å². The van der Waals surface area contributed by atoms with Crippen LogP contribution in [0, 0.1) is 0 Å². The van der Waals surface area contributed by atoms with Crippen LogP contribution in [0.25, 0.3) is 98.5 Å². The van der Waals surface area contributed by atoms with Gasteiger partial charge in [0.2, 0.25) is 0 Å². The number of aromatic nitrogens is 1. The highest BCUT2D eigenvalue weighted by molar-refractivity contribution is 6.11. The van der Waals surface area contributed by atoms with Crippen LogP contribution in [0.4, 0.5) is 45.6 Å². The molecular weight excluding hydrogens is 1160 g/mol. The molecule has 0 bridgehead atoms. The molecule has 1 heterocycles. The maximum absolute atomic E-state index is 4.89. The van der Waals surface area contributed by atoms with Crippen LogP contribution < -0.4 is 21.3 Å². The summed E-state index contributed by atoms with van der Waals surface area (Å²) in [6, 6.07) is 137. The monoisotopic (exact) mass is 1230 g/mol. The number of pyridine rings is 1. The van der Waals surface area contributed by atoms with Gasteiger partial charge in [0.15, 0.2) is 0 Å². The van der Waals surface area contributed by atoms with Crippen molar-refractivity contribution in [3.8, 4) is 44.5 Å². The molecule has 1 aromatic heterocycles. The Kier molecular flexibility index (Phi) is 18.7. The van der Waals surface area contributed by atoms with Crippen molar-refractivity contribution in [1.82, 2.24) is 4.98 Å². The van der Waals surface area contributed by atoms with Crippen LogP contribution in [-0.4, -0.2) is 4.98 Å². The summed E-state index contributed by atoms with van der Waals surface area (Å²) in [5, 5.41) is 25.2. The number of anilines is 8. The minimum atomic E-state index is 0.884. The van der Waals surface area contributed by atoms with Crippen molar-refractivity contribution in [2.75, 3.05) is 21.3 Å². The predicted molar refractivity (Wildman–Crippen MR) is 412 cm³/mol. The summed E-state index contributed by atoms with van der Waals surface area (Å²) < 4.78 is 0. The molecule has 4 N–H and O–H groups in total. The molecule has 0 fully saturated rings. The Hall–Kier alpha value is -12.8. The molecule has 0 aliphatic rings. The molecule has 0 aliphatic heterocycles. The van der Waals surface area contributed by atoms with Gasteiger partial charge in [-0.2, -0.15) is 0 Å². The van der Waals surface area contributed by atoms with Crippen LogP contribution in [0.5, 0.6) is 0 Å². The van der Waals surface area contributed by atoms with Crippen molar-refractivity contribution in [1.29, 1.82) is 0 Å². The fourth-order valence-corrected chi connectivity index (χ4v) is 12.3. The van der Waals surface area contributed by atoms with Crippen molar-refractivity contribution in [3.63, 3.8) is 0 Å². The molecule has 5 nitrogen and oxygen atoms in total. The third-order valence-electron chi connectivity index (χ3n) is 16.9. The summed E-state index contributed by atoms with van der Waals surface area (Å²) in [6.45, 7) is 0. The van der Waals surface area contributed by atoms with Gasteiger partial charge in [0.05, 0.1) is 5.52 Å². The summed E-state index contributed by atoms with van der Waals surface area (Å²) in [6.07, 6.45) is 0. The second-order valence-electron chi connectivity index (χ2n) is 23.4. The molecule has 0 atom stereocenters. The Morgan fingerprint density at radius 3 is 1.19 bits per heavy atom. The van der Waals surface area contributed by atoms with Crippen LogP contribution in [0.15, 0.2) is 394 Å². The second kappa shape index (κ2) is 29.6. The average molecular weight is 1230 g/mol. The molecular formula is C91H69N5. The fraction of sp³-hybridized carbons (Fsp3) is 0. The molecule has 17 aromatic rings. The van der Waals surface area contributed by atoms with E-state index in [0.29, 0.717) is 0 Å². The number of rotatable bonds is 12. The predicted octanol–water partition coefficient (Wildman–Crippen LogP) is 25.5. The zero-order chi connectivity index (χ0) is 64.5. The van der Waals surface area contributed by atoms with E-state index in [1.807, 2.05) is 78.9 Å². The fourth-order valence-electron chi connectivity index (χ4n) is 12.3. The molecule has 0 aliphatic carbocycles. The minimum Gasteiger partial charge on any atom is -0.356 e. The van der Waals surface area contributed by atoms with Gasteiger partial charge in [-0.1, -0.05) is 303 Å². The zero-order valence-electron chi connectivity index (χ0n) is 53.0. The van der Waals surface area contributed by atoms with Gasteiger partial charge in [0.25, 0.3) is 0 Å². The highest BCUT2D eigenvalue weighted by atomic mass is 15.0. The standard InChI is InChI=1S/C25H18N2.C24H19N.C22H17N.C20H15N/c1-2-9-18(10-3-1)19-11-8-12-20(17-19)26-25-23-15-5-4-13-21(23)22-14-6-7-16-24(22)27-25;1-4-10-19(11-5-1)21-16-22(20-12-6-2-7-13-20)18-24(17-21)25-23-14-8-3-9-15-23;1-3-9-17(10-4-1)19-15-16-22(21-14-8-7-13-20(19)21)23-18-11-5-2-6-12-18;1-2-7-17(8-3-1)21-18-12-13-20-16(14-18)11-10-15-6-4-5-9-19(15)20/h1-17H,(H,26,27);1-18,25H;1-16,23H;1-14,21H. The lowest BCUT2D eigenvalue weighted by Crippen LogP contribution is -1.96. The Morgan fingerprint density at radius 2 is 0.583 bits per heavy atom. The van der Waals surface area contributed by atoms with Gasteiger partial charge in [-0.05, 0) is 168 Å². The van der Waals surface area contributed by atoms with Crippen molar-refractivity contribution in [2.45, 2.75) is 0 Å². The molecule has 0 radical (unpaired) electrons. The largest absolute Gasteiger partial charge is 0.356 e. The van der Waals surface area contributed by atoms with Crippen LogP contribution in [0.2, 0.25) is 0 Å². The Morgan fingerprint density at radius 1 is 0.177 bits per heavy atom. The summed E-state index contributed by atoms with van der Waals surface area (Å²) in [5.41, 5.74) is 18.4. The van der Waals surface area contributed by atoms with Gasteiger partial charge in [0.1, 0.15) is 5.82 Å². The van der Waals surface area contributed by atoms with E-state index in [9.17, 15) is 0 Å². The van der Waals surface area contributed by atoms with E-state index < -0.39 is 0 Å². The van der Waals surface area contributed by atoms with Crippen LogP contribution in [0.3, 0.4) is 0 Å². The van der Waals surface area contributed by atoms with E-state index in [1.54, 1.807) is 0 Å². The van der Waals surface area contributed by atoms with Gasteiger partial charge < -0.3 is 21.3 Å². The topological polar surface area (TPSA) is 61.0 Å². The van der Waals surface area contributed by atoms with E-state index in [4.69, 9.17) is 4.98 Å².